The van der Waals surface area contributed by atoms with Gasteiger partial charge in [-0.1, -0.05) is 30.7 Å². The number of halogens is 1. The molecule has 1 heterocycles. The fourth-order valence-electron chi connectivity index (χ4n) is 2.44. The second-order valence-corrected chi connectivity index (χ2v) is 8.18. The molecule has 1 amide bonds. The Balaban J connectivity index is 1.77. The molecule has 3 rings (SSSR count). The molecule has 0 aliphatic heterocycles. The van der Waals surface area contributed by atoms with Gasteiger partial charge in [-0.3, -0.25) is 4.79 Å². The van der Waals surface area contributed by atoms with Crippen LogP contribution in [0.1, 0.15) is 22.8 Å². The van der Waals surface area contributed by atoms with Crippen molar-refractivity contribution in [3.05, 3.63) is 83.0 Å². The van der Waals surface area contributed by atoms with Gasteiger partial charge in [0.15, 0.2) is 5.03 Å². The minimum absolute atomic E-state index is 0.0904. The van der Waals surface area contributed by atoms with Gasteiger partial charge in [0.05, 0.1) is 10.5 Å². The van der Waals surface area contributed by atoms with Crippen LogP contribution in [0, 0.1) is 0 Å². The summed E-state index contributed by atoms with van der Waals surface area (Å²) >= 11 is 5.79. The molecule has 3 aromatic rings. The van der Waals surface area contributed by atoms with Crippen molar-refractivity contribution in [3.8, 4) is 0 Å². The van der Waals surface area contributed by atoms with Crippen LogP contribution in [0.25, 0.3) is 0 Å². The molecule has 1 aromatic heterocycles. The first-order valence-corrected chi connectivity index (χ1v) is 10.1. The van der Waals surface area contributed by atoms with Gasteiger partial charge in [0.2, 0.25) is 9.84 Å². The van der Waals surface area contributed by atoms with E-state index in [1.165, 1.54) is 48.2 Å². The second kappa shape index (κ2) is 7.90. The van der Waals surface area contributed by atoms with Crippen LogP contribution in [-0.2, 0) is 16.3 Å². The van der Waals surface area contributed by atoms with Crippen LogP contribution < -0.4 is 5.32 Å². The molecule has 2 aromatic carbocycles. The average Bonchev–Trinajstić information content (AvgIpc) is 2.69. The Bertz CT molecular complexity index is 1050. The van der Waals surface area contributed by atoms with Gasteiger partial charge in [0.25, 0.3) is 5.91 Å². The number of hydrogen-bond acceptors (Lipinski definition) is 4. The van der Waals surface area contributed by atoms with E-state index in [0.29, 0.717) is 10.7 Å². The quantitative estimate of drug-likeness (QED) is 0.689. The minimum atomic E-state index is -3.77. The fraction of sp³-hybridized carbons (Fsp3) is 0.100. The molecule has 0 bridgehead atoms. The number of amides is 1. The van der Waals surface area contributed by atoms with Gasteiger partial charge in [-0.05, 0) is 60.5 Å². The smallest absolute Gasteiger partial charge is 0.257 e. The summed E-state index contributed by atoms with van der Waals surface area (Å²) in [6.07, 6.45) is 2.17. The maximum atomic E-state index is 12.6. The highest BCUT2D eigenvalue weighted by atomic mass is 35.5. The first-order chi connectivity index (χ1) is 12.9. The number of carbonyl (C=O) groups is 1. The van der Waals surface area contributed by atoms with Crippen LogP contribution in [0.4, 0.5) is 5.69 Å². The molecule has 5 nitrogen and oxygen atoms in total. The van der Waals surface area contributed by atoms with Crippen LogP contribution in [-0.4, -0.2) is 19.3 Å². The normalized spacial score (nSPS) is 11.2. The van der Waals surface area contributed by atoms with Crippen LogP contribution >= 0.6 is 11.6 Å². The van der Waals surface area contributed by atoms with Crippen LogP contribution in [0.5, 0.6) is 0 Å². The number of nitrogens with one attached hydrogen (secondary N) is 1. The van der Waals surface area contributed by atoms with Crippen molar-refractivity contribution in [1.29, 1.82) is 0 Å². The largest absolute Gasteiger partial charge is 0.322 e. The van der Waals surface area contributed by atoms with Gasteiger partial charge in [0.1, 0.15) is 0 Å². The van der Waals surface area contributed by atoms with Crippen LogP contribution in [0.15, 0.2) is 76.8 Å². The summed E-state index contributed by atoms with van der Waals surface area (Å²) in [5, 5.41) is 3.08. The molecule has 0 saturated carbocycles. The van der Waals surface area contributed by atoms with Gasteiger partial charge in [-0.2, -0.15) is 0 Å². The van der Waals surface area contributed by atoms with Gasteiger partial charge in [0, 0.05) is 16.9 Å². The number of benzene rings is 2. The van der Waals surface area contributed by atoms with Crippen molar-refractivity contribution >= 4 is 33.0 Å². The highest BCUT2D eigenvalue weighted by Gasteiger charge is 2.19. The van der Waals surface area contributed by atoms with E-state index in [1.54, 1.807) is 0 Å². The number of nitrogens with zero attached hydrogens (tertiary/aromatic N) is 1. The lowest BCUT2D eigenvalue weighted by Gasteiger charge is -2.07. The summed E-state index contributed by atoms with van der Waals surface area (Å²) in [6.45, 7) is 2.05. The lowest BCUT2D eigenvalue weighted by atomic mass is 10.1. The zero-order valence-electron chi connectivity index (χ0n) is 14.5. The van der Waals surface area contributed by atoms with Crippen LogP contribution in [0.3, 0.4) is 0 Å². The van der Waals surface area contributed by atoms with Gasteiger partial charge in [-0.25, -0.2) is 13.4 Å². The highest BCUT2D eigenvalue weighted by molar-refractivity contribution is 7.91. The molecule has 0 fully saturated rings. The van der Waals surface area contributed by atoms with Gasteiger partial charge in [-0.15, -0.1) is 0 Å². The molecule has 0 spiro atoms. The van der Waals surface area contributed by atoms with E-state index in [1.807, 2.05) is 24.3 Å². The van der Waals surface area contributed by atoms with E-state index < -0.39 is 9.84 Å². The third-order valence-corrected chi connectivity index (χ3v) is 5.95. The third-order valence-electron chi connectivity index (χ3n) is 4.02. The average molecular weight is 401 g/mol. The summed E-state index contributed by atoms with van der Waals surface area (Å²) in [4.78, 5) is 16.4. The number of rotatable bonds is 5. The molecule has 0 unspecified atom stereocenters. The molecule has 27 heavy (non-hydrogen) atoms. The lowest BCUT2D eigenvalue weighted by Crippen LogP contribution is -2.13. The Morgan fingerprint density at radius 1 is 1.00 bits per heavy atom. The van der Waals surface area contributed by atoms with Crippen molar-refractivity contribution < 1.29 is 13.2 Å². The third kappa shape index (κ3) is 4.35. The van der Waals surface area contributed by atoms with E-state index in [0.717, 1.165) is 6.42 Å². The molecule has 0 aliphatic carbocycles. The van der Waals surface area contributed by atoms with E-state index in [4.69, 9.17) is 11.6 Å². The molecule has 138 valence electrons. The monoisotopic (exact) mass is 400 g/mol. The maximum Gasteiger partial charge on any atom is 0.257 e. The Morgan fingerprint density at radius 2 is 1.67 bits per heavy atom. The molecule has 0 atom stereocenters. The van der Waals surface area contributed by atoms with Crippen molar-refractivity contribution in [2.24, 2.45) is 0 Å². The van der Waals surface area contributed by atoms with Gasteiger partial charge >= 0.3 is 0 Å². The number of aromatic nitrogens is 1. The summed E-state index contributed by atoms with van der Waals surface area (Å²) < 4.78 is 25.1. The van der Waals surface area contributed by atoms with Crippen molar-refractivity contribution in [3.63, 3.8) is 0 Å². The Labute approximate surface area is 163 Å². The molecular weight excluding hydrogens is 384 g/mol. The molecule has 0 aliphatic rings. The number of aryl methyl sites for hydroxylation is 1. The molecule has 0 radical (unpaired) electrons. The van der Waals surface area contributed by atoms with E-state index in [2.05, 4.69) is 17.2 Å². The van der Waals surface area contributed by atoms with Gasteiger partial charge < -0.3 is 5.32 Å². The number of anilines is 1. The number of carbonyl (C=O) groups excluding carboxylic acids is 1. The fourth-order valence-corrected chi connectivity index (χ4v) is 3.74. The highest BCUT2D eigenvalue weighted by Crippen LogP contribution is 2.21. The summed E-state index contributed by atoms with van der Waals surface area (Å²) in [6, 6.07) is 16.1. The standard InChI is InChI=1S/C20H17ClN2O3S/c1-2-14-3-8-17(9-4-14)23-20(24)15-5-12-19(22-13-15)27(25,26)18-10-6-16(21)7-11-18/h3-13H,2H2,1H3,(H,23,24). The molecule has 7 heteroatoms. The van der Waals surface area contributed by atoms with E-state index in [9.17, 15) is 13.2 Å². The van der Waals surface area contributed by atoms with Crippen LogP contribution in [0.2, 0.25) is 5.02 Å². The number of sulfone groups is 1. The summed E-state index contributed by atoms with van der Waals surface area (Å²) in [7, 11) is -3.77. The predicted octanol–water partition coefficient (Wildman–Crippen LogP) is 4.38. The number of pyridine rings is 1. The second-order valence-electron chi connectivity index (χ2n) is 5.85. The zero-order valence-corrected chi connectivity index (χ0v) is 16.1. The Hall–Kier alpha value is -2.70. The SMILES string of the molecule is CCc1ccc(NC(=O)c2ccc(S(=O)(=O)c3ccc(Cl)cc3)nc2)cc1. The summed E-state index contributed by atoms with van der Waals surface area (Å²) in [5.74, 6) is -0.359. The maximum absolute atomic E-state index is 12.6. The topological polar surface area (TPSA) is 76.1 Å². The first-order valence-electron chi connectivity index (χ1n) is 8.27. The zero-order chi connectivity index (χ0) is 19.4. The predicted molar refractivity (Wildman–Crippen MR) is 105 cm³/mol. The minimum Gasteiger partial charge on any atom is -0.322 e. The van der Waals surface area contributed by atoms with E-state index >= 15 is 0 Å². The van der Waals surface area contributed by atoms with E-state index in [-0.39, 0.29) is 21.4 Å². The molecule has 0 saturated heterocycles. The molecule has 1 N–H and O–H groups in total. The lowest BCUT2D eigenvalue weighted by molar-refractivity contribution is 0.102. The Morgan fingerprint density at radius 3 is 2.22 bits per heavy atom. The molecular formula is C20H17ClN2O3S. The van der Waals surface area contributed by atoms with Crippen molar-refractivity contribution in [2.45, 2.75) is 23.3 Å². The Kier molecular flexibility index (Phi) is 5.58. The number of hydrogen-bond donors (Lipinski definition) is 1. The first kappa shape index (κ1) is 19.1. The summed E-state index contributed by atoms with van der Waals surface area (Å²) in [5.41, 5.74) is 2.10. The van der Waals surface area contributed by atoms with Crippen molar-refractivity contribution in [2.75, 3.05) is 5.32 Å². The van der Waals surface area contributed by atoms with Crippen molar-refractivity contribution in [1.82, 2.24) is 4.98 Å².